The number of hydrogen-bond donors (Lipinski definition) is 1. The van der Waals surface area contributed by atoms with Crippen LogP contribution < -0.4 is 0 Å². The molecule has 12 heavy (non-hydrogen) atoms. The number of hydrogen-bond acceptors (Lipinski definition) is 2. The fourth-order valence-corrected chi connectivity index (χ4v) is 1.68. The lowest BCUT2D eigenvalue weighted by Gasteiger charge is -2.41. The third-order valence-corrected chi connectivity index (χ3v) is 2.89. The lowest BCUT2D eigenvalue weighted by atomic mass is 9.80. The summed E-state index contributed by atoms with van der Waals surface area (Å²) in [4.78, 5) is 12.6. The summed E-state index contributed by atoms with van der Waals surface area (Å²) in [7, 11) is 1.90. The summed E-state index contributed by atoms with van der Waals surface area (Å²) in [6, 6.07) is 0.147. The molecule has 0 aromatic rings. The summed E-state index contributed by atoms with van der Waals surface area (Å²) in [6.07, 6.45) is 2.29. The van der Waals surface area contributed by atoms with Crippen LogP contribution in [-0.2, 0) is 4.79 Å². The number of carbonyl (C=O) groups is 1. The van der Waals surface area contributed by atoms with Gasteiger partial charge < -0.3 is 5.11 Å². The molecule has 70 valence electrons. The number of rotatable bonds is 3. The first-order chi connectivity index (χ1) is 5.52. The van der Waals surface area contributed by atoms with Gasteiger partial charge in [0.2, 0.25) is 0 Å². The molecule has 0 aromatic carbocycles. The quantitative estimate of drug-likeness (QED) is 0.693. The fraction of sp³-hybridized carbons (Fsp3) is 0.889. The second-order valence-corrected chi connectivity index (χ2v) is 3.91. The Morgan fingerprint density at radius 2 is 2.08 bits per heavy atom. The molecule has 0 saturated heterocycles. The zero-order valence-electron chi connectivity index (χ0n) is 7.95. The van der Waals surface area contributed by atoms with Crippen LogP contribution in [0.25, 0.3) is 0 Å². The standard InChI is InChI=1S/C9H17NO2/c1-6-4-8(5-6)10(3)7(2)9(11)12/h6-8H,4-5H2,1-3H3,(H,11,12). The Morgan fingerprint density at radius 3 is 2.42 bits per heavy atom. The molecule has 0 aromatic heterocycles. The first-order valence-corrected chi connectivity index (χ1v) is 4.47. The van der Waals surface area contributed by atoms with E-state index in [1.165, 1.54) is 0 Å². The van der Waals surface area contributed by atoms with E-state index in [-0.39, 0.29) is 6.04 Å². The molecule has 3 heteroatoms. The van der Waals surface area contributed by atoms with Crippen molar-refractivity contribution >= 4 is 5.97 Å². The van der Waals surface area contributed by atoms with Gasteiger partial charge in [0.1, 0.15) is 6.04 Å². The maximum atomic E-state index is 10.6. The Morgan fingerprint density at radius 1 is 1.58 bits per heavy atom. The summed E-state index contributed by atoms with van der Waals surface area (Å²) in [6.45, 7) is 3.95. The molecule has 1 rings (SSSR count). The van der Waals surface area contributed by atoms with Gasteiger partial charge in [-0.1, -0.05) is 6.92 Å². The van der Waals surface area contributed by atoms with E-state index in [1.54, 1.807) is 6.92 Å². The van der Waals surface area contributed by atoms with Crippen molar-refractivity contribution in [1.82, 2.24) is 4.90 Å². The normalized spacial score (nSPS) is 31.3. The first kappa shape index (κ1) is 9.52. The number of likely N-dealkylation sites (N-methyl/N-ethyl adjacent to an activating group) is 1. The van der Waals surface area contributed by atoms with Gasteiger partial charge in [0.25, 0.3) is 0 Å². The Kier molecular flexibility index (Phi) is 2.73. The molecule has 1 aliphatic rings. The second kappa shape index (κ2) is 3.44. The van der Waals surface area contributed by atoms with Crippen LogP contribution in [0.3, 0.4) is 0 Å². The Hall–Kier alpha value is -0.570. The molecule has 1 unspecified atom stereocenters. The molecule has 0 spiro atoms. The Bertz CT molecular complexity index is 175. The summed E-state index contributed by atoms with van der Waals surface area (Å²) >= 11 is 0. The van der Waals surface area contributed by atoms with E-state index in [1.807, 2.05) is 11.9 Å². The molecule has 3 nitrogen and oxygen atoms in total. The highest BCUT2D eigenvalue weighted by molar-refractivity contribution is 5.72. The molecule has 1 N–H and O–H groups in total. The molecule has 0 aliphatic heterocycles. The molecule has 0 heterocycles. The third-order valence-electron chi connectivity index (χ3n) is 2.89. The van der Waals surface area contributed by atoms with Crippen LogP contribution in [0.15, 0.2) is 0 Å². The van der Waals surface area contributed by atoms with Crippen molar-refractivity contribution in [2.45, 2.75) is 38.8 Å². The molecule has 0 radical (unpaired) electrons. The summed E-state index contributed by atoms with van der Waals surface area (Å²) in [5.41, 5.74) is 0. The highest BCUT2D eigenvalue weighted by Crippen LogP contribution is 2.31. The van der Waals surface area contributed by atoms with Crippen LogP contribution >= 0.6 is 0 Å². The monoisotopic (exact) mass is 171 g/mol. The zero-order valence-corrected chi connectivity index (χ0v) is 7.95. The van der Waals surface area contributed by atoms with E-state index >= 15 is 0 Å². The van der Waals surface area contributed by atoms with Crippen molar-refractivity contribution < 1.29 is 9.90 Å². The Balaban J connectivity index is 2.37. The average molecular weight is 171 g/mol. The van der Waals surface area contributed by atoms with Crippen LogP contribution in [0.5, 0.6) is 0 Å². The topological polar surface area (TPSA) is 40.5 Å². The predicted molar refractivity (Wildman–Crippen MR) is 47.0 cm³/mol. The van der Waals surface area contributed by atoms with E-state index in [0.29, 0.717) is 6.04 Å². The molecule has 0 bridgehead atoms. The van der Waals surface area contributed by atoms with Crippen LogP contribution in [0.1, 0.15) is 26.7 Å². The third kappa shape index (κ3) is 1.78. The molecule has 0 amide bonds. The van der Waals surface area contributed by atoms with E-state index in [9.17, 15) is 4.79 Å². The molecular weight excluding hydrogens is 154 g/mol. The average Bonchev–Trinajstić information content (AvgIpc) is 1.95. The van der Waals surface area contributed by atoms with Crippen LogP contribution in [-0.4, -0.2) is 35.1 Å². The van der Waals surface area contributed by atoms with Gasteiger partial charge >= 0.3 is 5.97 Å². The fourth-order valence-electron chi connectivity index (χ4n) is 1.68. The highest BCUT2D eigenvalue weighted by Gasteiger charge is 2.32. The van der Waals surface area contributed by atoms with Gasteiger partial charge in [-0.2, -0.15) is 0 Å². The van der Waals surface area contributed by atoms with Crippen molar-refractivity contribution in [2.75, 3.05) is 7.05 Å². The summed E-state index contributed by atoms with van der Waals surface area (Å²) < 4.78 is 0. The number of aliphatic carboxylic acids is 1. The SMILES string of the molecule is CC1CC(N(C)C(C)C(=O)O)C1. The largest absolute Gasteiger partial charge is 0.480 e. The molecule has 1 atom stereocenters. The minimum absolute atomic E-state index is 0.345. The Labute approximate surface area is 73.4 Å². The van der Waals surface area contributed by atoms with Crippen molar-refractivity contribution in [3.8, 4) is 0 Å². The summed E-state index contributed by atoms with van der Waals surface area (Å²) in [5, 5.41) is 8.75. The van der Waals surface area contributed by atoms with Gasteiger partial charge in [-0.25, -0.2) is 0 Å². The van der Waals surface area contributed by atoms with Gasteiger partial charge in [0.05, 0.1) is 0 Å². The number of carboxylic acid groups (broad SMARTS) is 1. The molecule has 1 fully saturated rings. The van der Waals surface area contributed by atoms with Gasteiger partial charge in [-0.05, 0) is 32.7 Å². The van der Waals surface area contributed by atoms with Gasteiger partial charge in [-0.3, -0.25) is 9.69 Å². The molecule has 1 aliphatic carbocycles. The van der Waals surface area contributed by atoms with Gasteiger partial charge in [0.15, 0.2) is 0 Å². The van der Waals surface area contributed by atoms with E-state index in [0.717, 1.165) is 18.8 Å². The van der Waals surface area contributed by atoms with Gasteiger partial charge in [-0.15, -0.1) is 0 Å². The molecular formula is C9H17NO2. The number of nitrogens with zero attached hydrogens (tertiary/aromatic N) is 1. The maximum Gasteiger partial charge on any atom is 0.320 e. The van der Waals surface area contributed by atoms with Crippen molar-refractivity contribution in [3.63, 3.8) is 0 Å². The van der Waals surface area contributed by atoms with E-state index in [2.05, 4.69) is 6.92 Å². The van der Waals surface area contributed by atoms with Crippen molar-refractivity contribution in [3.05, 3.63) is 0 Å². The lowest BCUT2D eigenvalue weighted by molar-refractivity contribution is -0.143. The van der Waals surface area contributed by atoms with Crippen molar-refractivity contribution in [1.29, 1.82) is 0 Å². The smallest absolute Gasteiger partial charge is 0.320 e. The van der Waals surface area contributed by atoms with E-state index < -0.39 is 5.97 Å². The van der Waals surface area contributed by atoms with Crippen LogP contribution in [0.4, 0.5) is 0 Å². The van der Waals surface area contributed by atoms with Gasteiger partial charge in [0, 0.05) is 6.04 Å². The van der Waals surface area contributed by atoms with E-state index in [4.69, 9.17) is 5.11 Å². The first-order valence-electron chi connectivity index (χ1n) is 4.47. The highest BCUT2D eigenvalue weighted by atomic mass is 16.4. The maximum absolute atomic E-state index is 10.6. The summed E-state index contributed by atoms with van der Waals surface area (Å²) in [5.74, 6) is 0.0514. The second-order valence-electron chi connectivity index (χ2n) is 3.91. The minimum Gasteiger partial charge on any atom is -0.480 e. The minimum atomic E-state index is -0.725. The number of carboxylic acids is 1. The lowest BCUT2D eigenvalue weighted by Crippen LogP contribution is -2.48. The van der Waals surface area contributed by atoms with Crippen LogP contribution in [0, 0.1) is 5.92 Å². The molecule has 1 saturated carbocycles. The predicted octanol–water partition coefficient (Wildman–Crippen LogP) is 1.19. The van der Waals surface area contributed by atoms with Crippen LogP contribution in [0.2, 0.25) is 0 Å². The zero-order chi connectivity index (χ0) is 9.30. The van der Waals surface area contributed by atoms with Crippen molar-refractivity contribution in [2.24, 2.45) is 5.92 Å².